The van der Waals surface area contributed by atoms with Crippen LogP contribution >= 0.6 is 0 Å². The number of carbonyl (C=O) groups excluding carboxylic acids is 1. The van der Waals surface area contributed by atoms with Crippen LogP contribution in [0.1, 0.15) is 35.0 Å². The average Bonchev–Trinajstić information content (AvgIpc) is 2.78. The first-order valence-electron chi connectivity index (χ1n) is 8.10. The molecule has 5 heteroatoms. The highest BCUT2D eigenvalue weighted by Gasteiger charge is 2.29. The minimum Gasteiger partial charge on any atom is -0.372 e. The van der Waals surface area contributed by atoms with Crippen LogP contribution in [-0.2, 0) is 6.54 Å². The maximum absolute atomic E-state index is 13.0. The fourth-order valence-corrected chi connectivity index (χ4v) is 3.16. The van der Waals surface area contributed by atoms with Gasteiger partial charge in [-0.25, -0.2) is 4.98 Å². The number of carbonyl (C=O) groups is 1. The van der Waals surface area contributed by atoms with Crippen LogP contribution < -0.4 is 4.90 Å². The van der Waals surface area contributed by atoms with Gasteiger partial charge in [0.05, 0.1) is 5.56 Å². The molecule has 1 amide bonds. The van der Waals surface area contributed by atoms with Crippen molar-refractivity contribution in [3.05, 3.63) is 59.4 Å². The number of nitrogens with zero attached hydrogens (tertiary/aromatic N) is 4. The fourth-order valence-electron chi connectivity index (χ4n) is 3.16. The predicted molar refractivity (Wildman–Crippen MR) is 92.6 cm³/mol. The summed E-state index contributed by atoms with van der Waals surface area (Å²) in [6, 6.07) is 13.6. The van der Waals surface area contributed by atoms with Crippen LogP contribution in [0, 0.1) is 11.3 Å². The summed E-state index contributed by atoms with van der Waals surface area (Å²) < 4.78 is 0. The Morgan fingerprint density at radius 3 is 2.79 bits per heavy atom. The average molecular weight is 320 g/mol. The van der Waals surface area contributed by atoms with Gasteiger partial charge in [-0.15, -0.1) is 0 Å². The van der Waals surface area contributed by atoms with E-state index in [-0.39, 0.29) is 11.9 Å². The number of nitriles is 1. The number of fused-ring (bicyclic) bond motifs is 1. The molecular weight excluding hydrogens is 300 g/mol. The number of aromatic nitrogens is 1. The van der Waals surface area contributed by atoms with Gasteiger partial charge >= 0.3 is 0 Å². The van der Waals surface area contributed by atoms with Crippen molar-refractivity contribution < 1.29 is 4.79 Å². The van der Waals surface area contributed by atoms with Crippen molar-refractivity contribution in [2.24, 2.45) is 0 Å². The van der Waals surface area contributed by atoms with Gasteiger partial charge < -0.3 is 9.80 Å². The molecule has 0 spiro atoms. The van der Waals surface area contributed by atoms with Gasteiger partial charge in [0.25, 0.3) is 5.91 Å². The number of likely N-dealkylation sites (N-methyl/N-ethyl adjacent to an activating group) is 1. The van der Waals surface area contributed by atoms with E-state index in [2.05, 4.69) is 36.0 Å². The van der Waals surface area contributed by atoms with Crippen molar-refractivity contribution >= 4 is 11.6 Å². The van der Waals surface area contributed by atoms with Gasteiger partial charge in [-0.3, -0.25) is 4.79 Å². The van der Waals surface area contributed by atoms with Crippen molar-refractivity contribution in [1.82, 2.24) is 9.88 Å². The molecule has 1 aliphatic heterocycles. The zero-order valence-corrected chi connectivity index (χ0v) is 13.9. The van der Waals surface area contributed by atoms with Crippen LogP contribution in [-0.4, -0.2) is 35.4 Å². The molecule has 122 valence electrons. The first-order chi connectivity index (χ1) is 11.6. The van der Waals surface area contributed by atoms with E-state index < -0.39 is 0 Å². The summed E-state index contributed by atoms with van der Waals surface area (Å²) in [6.45, 7) is 3.45. The molecule has 1 aliphatic rings. The van der Waals surface area contributed by atoms with E-state index in [1.54, 1.807) is 12.1 Å². The van der Waals surface area contributed by atoms with Gasteiger partial charge in [0.2, 0.25) is 0 Å². The monoisotopic (exact) mass is 320 g/mol. The predicted octanol–water partition coefficient (Wildman–Crippen LogP) is 2.82. The number of amides is 1. The molecule has 0 bridgehead atoms. The molecule has 1 aromatic carbocycles. The lowest BCUT2D eigenvalue weighted by atomic mass is 10.1. The number of anilines is 1. The highest BCUT2D eigenvalue weighted by atomic mass is 16.2. The van der Waals surface area contributed by atoms with Crippen molar-refractivity contribution in [3.8, 4) is 6.07 Å². The number of rotatable bonds is 2. The largest absolute Gasteiger partial charge is 0.372 e. The standard InChI is InChI=1S/C19H20N4O/c1-3-16-13-22(2)18-7-5-4-6-15(18)12-23(16)19(24)17-9-8-14(10-20)11-21-17/h4-9,11,16H,3,12-13H2,1-2H3. The Kier molecular flexibility index (Phi) is 4.48. The van der Waals surface area contributed by atoms with Gasteiger partial charge in [-0.1, -0.05) is 25.1 Å². The molecule has 0 aliphatic carbocycles. The summed E-state index contributed by atoms with van der Waals surface area (Å²) in [4.78, 5) is 21.3. The lowest BCUT2D eigenvalue weighted by Gasteiger charge is -2.30. The number of para-hydroxylation sites is 1. The van der Waals surface area contributed by atoms with Gasteiger partial charge in [0.1, 0.15) is 11.8 Å². The summed E-state index contributed by atoms with van der Waals surface area (Å²) in [6.07, 6.45) is 2.33. The number of pyridine rings is 1. The second-order valence-corrected chi connectivity index (χ2v) is 6.05. The van der Waals surface area contributed by atoms with E-state index in [1.807, 2.05) is 23.1 Å². The highest BCUT2D eigenvalue weighted by Crippen LogP contribution is 2.27. The van der Waals surface area contributed by atoms with Crippen LogP contribution in [0.5, 0.6) is 0 Å². The van der Waals surface area contributed by atoms with Crippen LogP contribution in [0.3, 0.4) is 0 Å². The Morgan fingerprint density at radius 1 is 1.33 bits per heavy atom. The lowest BCUT2D eigenvalue weighted by molar-refractivity contribution is 0.0661. The van der Waals surface area contributed by atoms with E-state index >= 15 is 0 Å². The van der Waals surface area contributed by atoms with Gasteiger partial charge in [-0.05, 0) is 30.2 Å². The van der Waals surface area contributed by atoms with Crippen molar-refractivity contribution in [1.29, 1.82) is 5.26 Å². The smallest absolute Gasteiger partial charge is 0.273 e. The molecule has 24 heavy (non-hydrogen) atoms. The van der Waals surface area contributed by atoms with E-state index in [4.69, 9.17) is 5.26 Å². The van der Waals surface area contributed by atoms with E-state index in [0.29, 0.717) is 17.8 Å². The fraction of sp³-hybridized carbons (Fsp3) is 0.316. The molecule has 2 heterocycles. The number of hydrogen-bond donors (Lipinski definition) is 0. The van der Waals surface area contributed by atoms with Gasteiger partial charge in [-0.2, -0.15) is 5.26 Å². The Morgan fingerprint density at radius 2 is 2.12 bits per heavy atom. The van der Waals surface area contributed by atoms with Crippen LogP contribution in [0.2, 0.25) is 0 Å². The maximum Gasteiger partial charge on any atom is 0.273 e. The van der Waals surface area contributed by atoms with Crippen molar-refractivity contribution in [2.75, 3.05) is 18.5 Å². The SMILES string of the molecule is CCC1CN(C)c2ccccc2CN1C(=O)c1ccc(C#N)cn1. The zero-order valence-electron chi connectivity index (χ0n) is 13.9. The third kappa shape index (κ3) is 2.95. The van der Waals surface area contributed by atoms with Crippen LogP contribution in [0.25, 0.3) is 0 Å². The Balaban J connectivity index is 1.95. The lowest BCUT2D eigenvalue weighted by Crippen LogP contribution is -2.43. The molecule has 0 fully saturated rings. The number of hydrogen-bond acceptors (Lipinski definition) is 4. The minimum absolute atomic E-state index is 0.0866. The first kappa shape index (κ1) is 16.0. The van der Waals surface area contributed by atoms with E-state index in [9.17, 15) is 4.79 Å². The second kappa shape index (κ2) is 6.71. The zero-order chi connectivity index (χ0) is 17.1. The molecule has 0 radical (unpaired) electrons. The summed E-state index contributed by atoms with van der Waals surface area (Å²) in [5, 5.41) is 8.88. The number of benzene rings is 1. The summed E-state index contributed by atoms with van der Waals surface area (Å²) in [5.74, 6) is -0.0866. The van der Waals surface area contributed by atoms with Crippen molar-refractivity contribution in [2.45, 2.75) is 25.9 Å². The molecule has 1 atom stereocenters. The molecule has 3 rings (SSSR count). The van der Waals surface area contributed by atoms with Crippen LogP contribution in [0.15, 0.2) is 42.6 Å². The molecule has 0 saturated heterocycles. The highest BCUT2D eigenvalue weighted by molar-refractivity contribution is 5.92. The Hall–Kier alpha value is -2.87. The molecule has 2 aromatic rings. The normalized spacial score (nSPS) is 17.0. The summed E-state index contributed by atoms with van der Waals surface area (Å²) >= 11 is 0. The third-order valence-electron chi connectivity index (χ3n) is 4.51. The molecule has 0 saturated carbocycles. The second-order valence-electron chi connectivity index (χ2n) is 6.05. The van der Waals surface area contributed by atoms with Gasteiger partial charge in [0, 0.05) is 38.1 Å². The maximum atomic E-state index is 13.0. The van der Waals surface area contributed by atoms with Crippen molar-refractivity contribution in [3.63, 3.8) is 0 Å². The summed E-state index contributed by atoms with van der Waals surface area (Å²) in [7, 11) is 2.06. The molecule has 5 nitrogen and oxygen atoms in total. The molecule has 0 N–H and O–H groups in total. The first-order valence-corrected chi connectivity index (χ1v) is 8.10. The van der Waals surface area contributed by atoms with E-state index in [0.717, 1.165) is 18.5 Å². The topological polar surface area (TPSA) is 60.2 Å². The summed E-state index contributed by atoms with van der Waals surface area (Å²) in [5.41, 5.74) is 3.14. The van der Waals surface area contributed by atoms with Gasteiger partial charge in [0.15, 0.2) is 0 Å². The Bertz CT molecular complexity index is 779. The molecular formula is C19H20N4O. The molecule has 1 unspecified atom stereocenters. The van der Waals surface area contributed by atoms with E-state index in [1.165, 1.54) is 11.9 Å². The quantitative estimate of drug-likeness (QED) is 0.854. The van der Waals surface area contributed by atoms with Crippen LogP contribution in [0.4, 0.5) is 5.69 Å². The third-order valence-corrected chi connectivity index (χ3v) is 4.51. The minimum atomic E-state index is -0.0866. The molecule has 1 aromatic heterocycles. The Labute approximate surface area is 142 Å².